The average Bonchev–Trinajstić information content (AvgIpc) is 2.55. The summed E-state index contributed by atoms with van der Waals surface area (Å²) in [6.07, 6.45) is 3.04. The molecule has 0 bridgehead atoms. The summed E-state index contributed by atoms with van der Waals surface area (Å²) in [5.41, 5.74) is -0.178. The van der Waals surface area contributed by atoms with Gasteiger partial charge in [0.25, 0.3) is 5.56 Å². The number of pyridine rings is 2. The highest BCUT2D eigenvalue weighted by Gasteiger charge is 2.19. The number of halogens is 2. The fraction of sp³-hybridized carbons (Fsp3) is 0.158. The van der Waals surface area contributed by atoms with Gasteiger partial charge < -0.3 is 9.88 Å². The van der Waals surface area contributed by atoms with Crippen LogP contribution in [-0.2, 0) is 0 Å². The highest BCUT2D eigenvalue weighted by molar-refractivity contribution is 5.85. The van der Waals surface area contributed by atoms with Crippen LogP contribution in [0.5, 0.6) is 0 Å². The van der Waals surface area contributed by atoms with Crippen molar-refractivity contribution >= 4 is 16.7 Å². The molecule has 0 aliphatic heterocycles. The van der Waals surface area contributed by atoms with E-state index < -0.39 is 17.2 Å². The number of nitrogens with one attached hydrogen (secondary N) is 1. The molecule has 25 heavy (non-hydrogen) atoms. The van der Waals surface area contributed by atoms with Crippen LogP contribution in [0.15, 0.2) is 54.1 Å². The second-order valence-corrected chi connectivity index (χ2v) is 5.90. The van der Waals surface area contributed by atoms with Gasteiger partial charge in [-0.2, -0.15) is 0 Å². The molecule has 3 rings (SSSR count). The molecule has 0 radical (unpaired) electrons. The summed E-state index contributed by atoms with van der Waals surface area (Å²) in [4.78, 5) is 17.2. The number of hydrogen-bond acceptors (Lipinski definition) is 3. The van der Waals surface area contributed by atoms with E-state index in [0.717, 1.165) is 12.1 Å². The average molecular weight is 341 g/mol. The van der Waals surface area contributed by atoms with Crippen molar-refractivity contribution in [3.8, 4) is 11.1 Å². The van der Waals surface area contributed by atoms with Crippen LogP contribution in [0.4, 0.5) is 14.6 Å². The Labute approximate surface area is 143 Å². The molecule has 3 aromatic rings. The fourth-order valence-electron chi connectivity index (χ4n) is 2.86. The second kappa shape index (κ2) is 6.47. The smallest absolute Gasteiger partial charge is 0.259 e. The van der Waals surface area contributed by atoms with E-state index in [9.17, 15) is 13.6 Å². The van der Waals surface area contributed by atoms with Gasteiger partial charge in [0, 0.05) is 23.7 Å². The quantitative estimate of drug-likeness (QED) is 0.761. The Morgan fingerprint density at radius 3 is 2.52 bits per heavy atom. The van der Waals surface area contributed by atoms with E-state index in [2.05, 4.69) is 16.9 Å². The summed E-state index contributed by atoms with van der Waals surface area (Å²) >= 11 is 0. The molecule has 0 aliphatic carbocycles. The lowest BCUT2D eigenvalue weighted by molar-refractivity contribution is 0.583. The molecule has 0 saturated heterocycles. The van der Waals surface area contributed by atoms with Crippen molar-refractivity contribution in [3.05, 3.63) is 71.3 Å². The molecule has 6 heteroatoms. The minimum atomic E-state index is -0.773. The van der Waals surface area contributed by atoms with Gasteiger partial charge in [-0.15, -0.1) is 0 Å². The molecule has 0 unspecified atom stereocenters. The normalized spacial score (nSPS) is 11.1. The minimum absolute atomic E-state index is 0.0250. The summed E-state index contributed by atoms with van der Waals surface area (Å²) < 4.78 is 29.9. The lowest BCUT2D eigenvalue weighted by Gasteiger charge is -2.17. The fourth-order valence-corrected chi connectivity index (χ4v) is 2.86. The number of rotatable bonds is 4. The summed E-state index contributed by atoms with van der Waals surface area (Å²) in [7, 11) is 0. The molecular weight excluding hydrogens is 324 g/mol. The maximum Gasteiger partial charge on any atom is 0.259 e. The van der Waals surface area contributed by atoms with Crippen LogP contribution in [-0.4, -0.2) is 9.55 Å². The topological polar surface area (TPSA) is 46.9 Å². The molecule has 0 spiro atoms. The van der Waals surface area contributed by atoms with Crippen LogP contribution in [0, 0.1) is 11.6 Å². The van der Waals surface area contributed by atoms with Crippen molar-refractivity contribution in [3.63, 3.8) is 0 Å². The van der Waals surface area contributed by atoms with Gasteiger partial charge in [-0.3, -0.25) is 4.79 Å². The van der Waals surface area contributed by atoms with Gasteiger partial charge in [0.2, 0.25) is 0 Å². The summed E-state index contributed by atoms with van der Waals surface area (Å²) in [5, 5.41) is 3.48. The van der Waals surface area contributed by atoms with Crippen LogP contribution >= 0.6 is 0 Å². The number of benzene rings is 1. The number of nitrogens with zero attached hydrogens (tertiary/aromatic N) is 2. The van der Waals surface area contributed by atoms with Crippen molar-refractivity contribution in [1.29, 1.82) is 0 Å². The van der Waals surface area contributed by atoms with Gasteiger partial charge in [0.1, 0.15) is 17.5 Å². The Balaban J connectivity index is 2.40. The summed E-state index contributed by atoms with van der Waals surface area (Å²) in [6, 6.07) is 6.52. The van der Waals surface area contributed by atoms with E-state index in [1.54, 1.807) is 12.3 Å². The predicted octanol–water partition coefficient (Wildman–Crippen LogP) is 4.48. The highest BCUT2D eigenvalue weighted by Crippen LogP contribution is 2.28. The monoisotopic (exact) mass is 341 g/mol. The molecule has 128 valence electrons. The van der Waals surface area contributed by atoms with E-state index in [1.807, 2.05) is 13.8 Å². The molecule has 1 N–H and O–H groups in total. The van der Waals surface area contributed by atoms with Crippen LogP contribution in [0.3, 0.4) is 0 Å². The molecule has 2 heterocycles. The van der Waals surface area contributed by atoms with Crippen LogP contribution in [0.2, 0.25) is 0 Å². The minimum Gasteiger partial charge on any atom is -0.347 e. The SMILES string of the molecule is C=CNc1cc2c(cn1)cc(-c1c(F)cccc1F)c(=O)n2C(C)C. The van der Waals surface area contributed by atoms with E-state index in [0.29, 0.717) is 16.7 Å². The summed E-state index contributed by atoms with van der Waals surface area (Å²) in [5.74, 6) is -1.02. The number of anilines is 1. The molecule has 0 fully saturated rings. The Kier molecular flexibility index (Phi) is 4.35. The Bertz CT molecular complexity index is 1000. The van der Waals surface area contributed by atoms with Crippen molar-refractivity contribution in [2.24, 2.45) is 0 Å². The molecule has 0 aliphatic rings. The zero-order valence-corrected chi connectivity index (χ0v) is 13.9. The number of fused-ring (bicyclic) bond motifs is 1. The first-order chi connectivity index (χ1) is 11.9. The van der Waals surface area contributed by atoms with Crippen molar-refractivity contribution < 1.29 is 8.78 Å². The van der Waals surface area contributed by atoms with Gasteiger partial charge >= 0.3 is 0 Å². The van der Waals surface area contributed by atoms with Crippen LogP contribution in [0.1, 0.15) is 19.9 Å². The van der Waals surface area contributed by atoms with Crippen molar-refractivity contribution in [2.45, 2.75) is 19.9 Å². The Morgan fingerprint density at radius 1 is 1.24 bits per heavy atom. The van der Waals surface area contributed by atoms with E-state index in [4.69, 9.17) is 0 Å². The molecule has 0 atom stereocenters. The standard InChI is InChI=1S/C19H17F2N3O/c1-4-22-17-9-16-12(10-23-17)8-13(19(25)24(16)11(2)3)18-14(20)6-5-7-15(18)21/h4-11H,1H2,2-3H3,(H,22,23). The molecule has 2 aromatic heterocycles. The maximum absolute atomic E-state index is 14.2. The second-order valence-electron chi connectivity index (χ2n) is 5.90. The first-order valence-corrected chi connectivity index (χ1v) is 7.81. The van der Waals surface area contributed by atoms with Crippen LogP contribution in [0.25, 0.3) is 22.0 Å². The van der Waals surface area contributed by atoms with Gasteiger partial charge in [-0.25, -0.2) is 13.8 Å². The summed E-state index contributed by atoms with van der Waals surface area (Å²) in [6.45, 7) is 7.25. The predicted molar refractivity (Wildman–Crippen MR) is 95.6 cm³/mol. The number of hydrogen-bond donors (Lipinski definition) is 1. The third-order valence-corrected chi connectivity index (χ3v) is 3.92. The Morgan fingerprint density at radius 2 is 1.92 bits per heavy atom. The van der Waals surface area contributed by atoms with E-state index in [1.165, 1.54) is 22.9 Å². The van der Waals surface area contributed by atoms with Gasteiger partial charge in [0.15, 0.2) is 0 Å². The van der Waals surface area contributed by atoms with Crippen molar-refractivity contribution in [1.82, 2.24) is 9.55 Å². The lowest BCUT2D eigenvalue weighted by Crippen LogP contribution is -2.24. The van der Waals surface area contributed by atoms with Crippen LogP contribution < -0.4 is 10.9 Å². The van der Waals surface area contributed by atoms with Crippen molar-refractivity contribution in [2.75, 3.05) is 5.32 Å². The third-order valence-electron chi connectivity index (χ3n) is 3.92. The molecule has 4 nitrogen and oxygen atoms in total. The lowest BCUT2D eigenvalue weighted by atomic mass is 10.0. The van der Waals surface area contributed by atoms with Gasteiger partial charge in [0.05, 0.1) is 16.6 Å². The zero-order chi connectivity index (χ0) is 18.1. The Hall–Kier alpha value is -3.02. The first-order valence-electron chi connectivity index (χ1n) is 7.81. The first kappa shape index (κ1) is 16.8. The van der Waals surface area contributed by atoms with E-state index >= 15 is 0 Å². The highest BCUT2D eigenvalue weighted by atomic mass is 19.1. The molecule has 1 aromatic carbocycles. The van der Waals surface area contributed by atoms with Gasteiger partial charge in [-0.05, 0) is 38.2 Å². The van der Waals surface area contributed by atoms with Gasteiger partial charge in [-0.1, -0.05) is 12.6 Å². The maximum atomic E-state index is 14.2. The molecule has 0 saturated carbocycles. The molecule has 0 amide bonds. The number of aromatic nitrogens is 2. The third kappa shape index (κ3) is 2.91. The zero-order valence-electron chi connectivity index (χ0n) is 13.9. The molecular formula is C19H17F2N3O. The van der Waals surface area contributed by atoms with E-state index in [-0.39, 0.29) is 17.2 Å². The largest absolute Gasteiger partial charge is 0.347 e.